The SMILES string of the molecule is COC(=O)c1ccc([N+](=O)[O-])c(NCc2cc(C)ccn2)c1. The van der Waals surface area contributed by atoms with Gasteiger partial charge in [0.15, 0.2) is 0 Å². The predicted molar refractivity (Wildman–Crippen MR) is 80.7 cm³/mol. The average Bonchev–Trinajstić information content (AvgIpc) is 2.51. The zero-order valence-electron chi connectivity index (χ0n) is 12.2. The Bertz CT molecular complexity index is 716. The monoisotopic (exact) mass is 301 g/mol. The van der Waals surface area contributed by atoms with Crippen LogP contribution in [0.25, 0.3) is 0 Å². The van der Waals surface area contributed by atoms with Gasteiger partial charge in [0.1, 0.15) is 5.69 Å². The maximum Gasteiger partial charge on any atom is 0.337 e. The Balaban J connectivity index is 2.27. The number of rotatable bonds is 5. The first kappa shape index (κ1) is 15.4. The number of aromatic nitrogens is 1. The lowest BCUT2D eigenvalue weighted by atomic mass is 10.1. The fourth-order valence-electron chi connectivity index (χ4n) is 1.96. The number of carbonyl (C=O) groups is 1. The highest BCUT2D eigenvalue weighted by Gasteiger charge is 2.17. The lowest BCUT2D eigenvalue weighted by Gasteiger charge is -2.08. The normalized spacial score (nSPS) is 10.1. The molecule has 114 valence electrons. The van der Waals surface area contributed by atoms with Gasteiger partial charge in [0.05, 0.1) is 29.8 Å². The summed E-state index contributed by atoms with van der Waals surface area (Å²) in [4.78, 5) is 26.3. The van der Waals surface area contributed by atoms with Crippen molar-refractivity contribution in [2.75, 3.05) is 12.4 Å². The molecule has 0 amide bonds. The number of carbonyl (C=O) groups excluding carboxylic acids is 1. The molecule has 0 radical (unpaired) electrons. The summed E-state index contributed by atoms with van der Waals surface area (Å²) in [6.07, 6.45) is 1.67. The fraction of sp³-hybridized carbons (Fsp3) is 0.200. The molecule has 0 aliphatic carbocycles. The van der Waals surface area contributed by atoms with Crippen LogP contribution in [0.4, 0.5) is 11.4 Å². The number of nitrogens with one attached hydrogen (secondary N) is 1. The molecular weight excluding hydrogens is 286 g/mol. The molecule has 1 aromatic carbocycles. The second-order valence-corrected chi connectivity index (χ2v) is 4.66. The third kappa shape index (κ3) is 3.57. The molecule has 7 heteroatoms. The van der Waals surface area contributed by atoms with Crippen molar-refractivity contribution >= 4 is 17.3 Å². The van der Waals surface area contributed by atoms with E-state index in [1.165, 1.54) is 25.3 Å². The van der Waals surface area contributed by atoms with E-state index >= 15 is 0 Å². The highest BCUT2D eigenvalue weighted by atomic mass is 16.6. The molecule has 7 nitrogen and oxygen atoms in total. The minimum Gasteiger partial charge on any atom is -0.465 e. The number of methoxy groups -OCH3 is 1. The van der Waals surface area contributed by atoms with Crippen LogP contribution in [0, 0.1) is 17.0 Å². The molecule has 2 aromatic rings. The summed E-state index contributed by atoms with van der Waals surface area (Å²) in [6.45, 7) is 2.25. The van der Waals surface area contributed by atoms with E-state index in [9.17, 15) is 14.9 Å². The van der Waals surface area contributed by atoms with Crippen LogP contribution in [-0.4, -0.2) is 23.0 Å². The van der Waals surface area contributed by atoms with E-state index in [0.29, 0.717) is 6.54 Å². The summed E-state index contributed by atoms with van der Waals surface area (Å²) in [5, 5.41) is 14.0. The van der Waals surface area contributed by atoms with Crippen LogP contribution < -0.4 is 5.32 Å². The smallest absolute Gasteiger partial charge is 0.337 e. The minimum absolute atomic E-state index is 0.111. The number of pyridine rings is 1. The number of ether oxygens (including phenoxy) is 1. The summed E-state index contributed by atoms with van der Waals surface area (Å²) >= 11 is 0. The quantitative estimate of drug-likeness (QED) is 0.518. The molecular formula is C15H15N3O4. The molecule has 0 unspecified atom stereocenters. The van der Waals surface area contributed by atoms with E-state index < -0.39 is 10.9 Å². The molecule has 0 bridgehead atoms. The Labute approximate surface area is 127 Å². The number of nitrogens with zero attached hydrogens (tertiary/aromatic N) is 2. The first-order valence-electron chi connectivity index (χ1n) is 6.53. The Morgan fingerprint density at radius 3 is 2.77 bits per heavy atom. The molecule has 2 rings (SSSR count). The molecule has 22 heavy (non-hydrogen) atoms. The van der Waals surface area contributed by atoms with Crippen LogP contribution in [0.2, 0.25) is 0 Å². The van der Waals surface area contributed by atoms with Crippen molar-refractivity contribution < 1.29 is 14.5 Å². The summed E-state index contributed by atoms with van der Waals surface area (Å²) in [6, 6.07) is 7.78. The van der Waals surface area contributed by atoms with Gasteiger partial charge in [-0.15, -0.1) is 0 Å². The molecule has 0 aliphatic rings. The number of benzene rings is 1. The first-order valence-corrected chi connectivity index (χ1v) is 6.53. The van der Waals surface area contributed by atoms with Crippen LogP contribution in [0.15, 0.2) is 36.5 Å². The highest BCUT2D eigenvalue weighted by Crippen LogP contribution is 2.26. The van der Waals surface area contributed by atoms with E-state index in [-0.39, 0.29) is 16.9 Å². The van der Waals surface area contributed by atoms with Crippen molar-refractivity contribution in [2.45, 2.75) is 13.5 Å². The maximum absolute atomic E-state index is 11.5. The van der Waals surface area contributed by atoms with Gasteiger partial charge >= 0.3 is 5.97 Å². The Hall–Kier alpha value is -2.96. The summed E-state index contributed by atoms with van der Waals surface area (Å²) < 4.78 is 4.62. The van der Waals surface area contributed by atoms with Gasteiger partial charge in [-0.2, -0.15) is 0 Å². The van der Waals surface area contributed by atoms with Gasteiger partial charge in [-0.1, -0.05) is 0 Å². The predicted octanol–water partition coefficient (Wildman–Crippen LogP) is 2.70. The van der Waals surface area contributed by atoms with E-state index in [0.717, 1.165) is 11.3 Å². The van der Waals surface area contributed by atoms with Gasteiger partial charge in [0, 0.05) is 12.3 Å². The molecule has 0 atom stereocenters. The number of anilines is 1. The molecule has 0 spiro atoms. The zero-order valence-corrected chi connectivity index (χ0v) is 12.2. The van der Waals surface area contributed by atoms with Crippen LogP contribution in [-0.2, 0) is 11.3 Å². The summed E-state index contributed by atoms with van der Waals surface area (Å²) in [5.74, 6) is -0.549. The molecule has 0 aliphatic heterocycles. The third-order valence-electron chi connectivity index (χ3n) is 3.05. The van der Waals surface area contributed by atoms with Crippen molar-refractivity contribution in [1.82, 2.24) is 4.98 Å². The molecule has 0 saturated heterocycles. The number of nitro benzene ring substituents is 1. The number of nitro groups is 1. The van der Waals surface area contributed by atoms with Crippen molar-refractivity contribution in [1.29, 1.82) is 0 Å². The van der Waals surface area contributed by atoms with Crippen molar-refractivity contribution in [2.24, 2.45) is 0 Å². The lowest BCUT2D eigenvalue weighted by Crippen LogP contribution is -2.07. The molecule has 1 heterocycles. The largest absolute Gasteiger partial charge is 0.465 e. The molecule has 0 saturated carbocycles. The Morgan fingerprint density at radius 1 is 1.36 bits per heavy atom. The van der Waals surface area contributed by atoms with Gasteiger partial charge in [-0.25, -0.2) is 4.79 Å². The molecule has 0 fully saturated rings. The van der Waals surface area contributed by atoms with E-state index in [1.807, 2.05) is 19.1 Å². The maximum atomic E-state index is 11.5. The topological polar surface area (TPSA) is 94.4 Å². The zero-order chi connectivity index (χ0) is 16.1. The van der Waals surface area contributed by atoms with Crippen LogP contribution in [0.3, 0.4) is 0 Å². The third-order valence-corrected chi connectivity index (χ3v) is 3.05. The molecule has 1 N–H and O–H groups in total. The standard InChI is InChI=1S/C15H15N3O4/c1-10-5-6-16-12(7-10)9-17-13-8-11(15(19)22-2)3-4-14(13)18(20)21/h3-8,17H,9H2,1-2H3. The van der Waals surface area contributed by atoms with Crippen LogP contribution in [0.1, 0.15) is 21.6 Å². The van der Waals surface area contributed by atoms with E-state index in [1.54, 1.807) is 6.20 Å². The van der Waals surface area contributed by atoms with Crippen molar-refractivity contribution in [3.05, 3.63) is 63.5 Å². The minimum atomic E-state index is -0.549. The average molecular weight is 301 g/mol. The van der Waals surface area contributed by atoms with Gasteiger partial charge in [0.2, 0.25) is 0 Å². The second kappa shape index (κ2) is 6.66. The fourth-order valence-corrected chi connectivity index (χ4v) is 1.96. The number of esters is 1. The van der Waals surface area contributed by atoms with Crippen LogP contribution >= 0.6 is 0 Å². The number of hydrogen-bond donors (Lipinski definition) is 1. The van der Waals surface area contributed by atoms with Crippen molar-refractivity contribution in [3.8, 4) is 0 Å². The van der Waals surface area contributed by atoms with Gasteiger partial charge < -0.3 is 10.1 Å². The van der Waals surface area contributed by atoms with Crippen LogP contribution in [0.5, 0.6) is 0 Å². The molecule has 1 aromatic heterocycles. The van der Waals surface area contributed by atoms with E-state index in [2.05, 4.69) is 15.0 Å². The Morgan fingerprint density at radius 2 is 2.14 bits per heavy atom. The summed E-state index contributed by atoms with van der Waals surface area (Å²) in [5.41, 5.74) is 2.17. The van der Waals surface area contributed by atoms with Gasteiger partial charge in [-0.05, 0) is 36.8 Å². The summed E-state index contributed by atoms with van der Waals surface area (Å²) in [7, 11) is 1.26. The van der Waals surface area contributed by atoms with Gasteiger partial charge in [0.25, 0.3) is 5.69 Å². The second-order valence-electron chi connectivity index (χ2n) is 4.66. The van der Waals surface area contributed by atoms with Gasteiger partial charge in [-0.3, -0.25) is 15.1 Å². The number of hydrogen-bond acceptors (Lipinski definition) is 6. The number of aryl methyl sites for hydroxylation is 1. The highest BCUT2D eigenvalue weighted by molar-refractivity contribution is 5.91. The van der Waals surface area contributed by atoms with Crippen molar-refractivity contribution in [3.63, 3.8) is 0 Å². The first-order chi connectivity index (χ1) is 10.5. The van der Waals surface area contributed by atoms with E-state index in [4.69, 9.17) is 0 Å². The lowest BCUT2D eigenvalue weighted by molar-refractivity contribution is -0.384. The Kier molecular flexibility index (Phi) is 4.67.